The van der Waals surface area contributed by atoms with Gasteiger partial charge >= 0.3 is 0 Å². The Bertz CT molecular complexity index is 619. The van der Waals surface area contributed by atoms with E-state index in [2.05, 4.69) is 44.4 Å². The molecule has 0 bridgehead atoms. The Morgan fingerprint density at radius 2 is 1.59 bits per heavy atom. The molecule has 0 atom stereocenters. The molecule has 22 heavy (non-hydrogen) atoms. The molecule has 114 valence electrons. The number of para-hydroxylation sites is 1. The number of nitrogens with one attached hydrogen (secondary N) is 1. The van der Waals surface area contributed by atoms with Crippen molar-refractivity contribution >= 4 is 23.1 Å². The van der Waals surface area contributed by atoms with Gasteiger partial charge in [-0.05, 0) is 24.3 Å². The summed E-state index contributed by atoms with van der Waals surface area (Å²) in [4.78, 5) is 20.0. The number of piperazine rings is 1. The summed E-state index contributed by atoms with van der Waals surface area (Å²) in [5.74, 6) is 0.496. The van der Waals surface area contributed by atoms with Gasteiger partial charge in [-0.25, -0.2) is 4.98 Å². The largest absolute Gasteiger partial charge is 0.368 e. The van der Waals surface area contributed by atoms with E-state index in [0.717, 1.165) is 31.9 Å². The van der Waals surface area contributed by atoms with E-state index in [0.29, 0.717) is 5.82 Å². The van der Waals surface area contributed by atoms with E-state index in [4.69, 9.17) is 0 Å². The van der Waals surface area contributed by atoms with Gasteiger partial charge in [-0.3, -0.25) is 4.79 Å². The zero-order valence-electron chi connectivity index (χ0n) is 12.7. The third-order valence-corrected chi connectivity index (χ3v) is 3.82. The monoisotopic (exact) mass is 296 g/mol. The molecule has 2 aromatic rings. The maximum Gasteiger partial charge on any atom is 0.222 e. The van der Waals surface area contributed by atoms with Crippen LogP contribution >= 0.6 is 0 Å². The summed E-state index contributed by atoms with van der Waals surface area (Å²) < 4.78 is 0. The molecule has 1 saturated heterocycles. The minimum atomic E-state index is -0.100. The van der Waals surface area contributed by atoms with Crippen molar-refractivity contribution in [3.63, 3.8) is 0 Å². The van der Waals surface area contributed by atoms with E-state index >= 15 is 0 Å². The lowest BCUT2D eigenvalue weighted by Gasteiger charge is -2.37. The summed E-state index contributed by atoms with van der Waals surface area (Å²) in [5.41, 5.74) is 2.38. The van der Waals surface area contributed by atoms with Crippen molar-refractivity contribution in [1.82, 2.24) is 4.98 Å². The highest BCUT2D eigenvalue weighted by molar-refractivity contribution is 5.87. The Hall–Kier alpha value is -2.56. The molecule has 5 heteroatoms. The highest BCUT2D eigenvalue weighted by atomic mass is 16.1. The van der Waals surface area contributed by atoms with Crippen LogP contribution < -0.4 is 15.1 Å². The number of carbonyl (C=O) groups excluding carboxylic acids is 1. The molecule has 0 unspecified atom stereocenters. The molecule has 1 aromatic carbocycles. The SMILES string of the molecule is CC(=O)Nc1ccc(N2CCN(c3ccccc3)CC2)cn1. The zero-order valence-corrected chi connectivity index (χ0v) is 12.7. The van der Waals surface area contributed by atoms with Gasteiger partial charge in [-0.1, -0.05) is 18.2 Å². The van der Waals surface area contributed by atoms with Gasteiger partial charge in [0, 0.05) is 38.8 Å². The topological polar surface area (TPSA) is 48.5 Å². The number of hydrogen-bond donors (Lipinski definition) is 1. The Morgan fingerprint density at radius 3 is 2.14 bits per heavy atom. The zero-order chi connectivity index (χ0) is 15.4. The number of anilines is 3. The molecular formula is C17H20N4O. The molecule has 0 radical (unpaired) electrons. The van der Waals surface area contributed by atoms with Crippen LogP contribution in [0.25, 0.3) is 0 Å². The van der Waals surface area contributed by atoms with Crippen molar-refractivity contribution in [2.24, 2.45) is 0 Å². The van der Waals surface area contributed by atoms with Gasteiger partial charge in [0.1, 0.15) is 5.82 Å². The van der Waals surface area contributed by atoms with Crippen LogP contribution in [0.3, 0.4) is 0 Å². The van der Waals surface area contributed by atoms with Crippen LogP contribution in [0.1, 0.15) is 6.92 Å². The summed E-state index contributed by atoms with van der Waals surface area (Å²) in [6.07, 6.45) is 1.82. The molecule has 1 fully saturated rings. The molecule has 1 aromatic heterocycles. The fourth-order valence-electron chi connectivity index (χ4n) is 2.69. The minimum Gasteiger partial charge on any atom is -0.368 e. The maximum atomic E-state index is 11.0. The number of rotatable bonds is 3. The fourth-order valence-corrected chi connectivity index (χ4v) is 2.69. The van der Waals surface area contributed by atoms with E-state index in [-0.39, 0.29) is 5.91 Å². The van der Waals surface area contributed by atoms with Crippen LogP contribution in [0.15, 0.2) is 48.7 Å². The number of amides is 1. The lowest BCUT2D eigenvalue weighted by Crippen LogP contribution is -2.46. The van der Waals surface area contributed by atoms with Gasteiger partial charge in [0.2, 0.25) is 5.91 Å². The van der Waals surface area contributed by atoms with E-state index in [1.165, 1.54) is 12.6 Å². The summed E-state index contributed by atoms with van der Waals surface area (Å²) in [5, 5.41) is 2.69. The second-order valence-corrected chi connectivity index (χ2v) is 5.39. The molecule has 1 aliphatic heterocycles. The van der Waals surface area contributed by atoms with Crippen LogP contribution in [0.4, 0.5) is 17.2 Å². The molecule has 0 aliphatic carbocycles. The lowest BCUT2D eigenvalue weighted by atomic mass is 10.2. The number of benzene rings is 1. The van der Waals surface area contributed by atoms with Gasteiger partial charge in [0.25, 0.3) is 0 Å². The molecule has 5 nitrogen and oxygen atoms in total. The smallest absolute Gasteiger partial charge is 0.222 e. The van der Waals surface area contributed by atoms with Crippen LogP contribution in [0.5, 0.6) is 0 Å². The molecule has 1 N–H and O–H groups in total. The molecule has 2 heterocycles. The van der Waals surface area contributed by atoms with Gasteiger partial charge in [0.15, 0.2) is 0 Å². The lowest BCUT2D eigenvalue weighted by molar-refractivity contribution is -0.114. The van der Waals surface area contributed by atoms with Gasteiger partial charge in [-0.15, -0.1) is 0 Å². The van der Waals surface area contributed by atoms with Crippen LogP contribution in [0, 0.1) is 0 Å². The molecule has 0 spiro atoms. The first-order chi connectivity index (χ1) is 10.7. The van der Waals surface area contributed by atoms with Crippen molar-refractivity contribution in [3.8, 4) is 0 Å². The van der Waals surface area contributed by atoms with Crippen molar-refractivity contribution in [3.05, 3.63) is 48.7 Å². The fraction of sp³-hybridized carbons (Fsp3) is 0.294. The van der Waals surface area contributed by atoms with E-state index in [1.54, 1.807) is 0 Å². The molecule has 1 aliphatic rings. The molecule has 1 amide bonds. The summed E-state index contributed by atoms with van der Waals surface area (Å²) in [6, 6.07) is 14.4. The van der Waals surface area contributed by atoms with E-state index in [1.807, 2.05) is 24.4 Å². The van der Waals surface area contributed by atoms with Crippen molar-refractivity contribution in [2.75, 3.05) is 41.3 Å². The second-order valence-electron chi connectivity index (χ2n) is 5.39. The highest BCUT2D eigenvalue weighted by Gasteiger charge is 2.17. The third-order valence-electron chi connectivity index (χ3n) is 3.82. The van der Waals surface area contributed by atoms with E-state index < -0.39 is 0 Å². The summed E-state index contributed by atoms with van der Waals surface area (Å²) in [7, 11) is 0. The molecular weight excluding hydrogens is 276 g/mol. The number of hydrogen-bond acceptors (Lipinski definition) is 4. The standard InChI is InChI=1S/C17H20N4O/c1-14(22)19-17-8-7-16(13-18-17)21-11-9-20(10-12-21)15-5-3-2-4-6-15/h2-8,13H,9-12H2,1H3,(H,18,19,22). The van der Waals surface area contributed by atoms with Gasteiger partial charge in [0.05, 0.1) is 11.9 Å². The average molecular weight is 296 g/mol. The Labute approximate surface area is 130 Å². The first-order valence-corrected chi connectivity index (χ1v) is 7.51. The predicted octanol–water partition coefficient (Wildman–Crippen LogP) is 2.37. The quantitative estimate of drug-likeness (QED) is 0.944. The van der Waals surface area contributed by atoms with Gasteiger partial charge < -0.3 is 15.1 Å². The molecule has 3 rings (SSSR count). The van der Waals surface area contributed by atoms with Crippen molar-refractivity contribution in [2.45, 2.75) is 6.92 Å². The Kier molecular flexibility index (Phi) is 4.23. The minimum absolute atomic E-state index is 0.100. The number of nitrogens with zero attached hydrogens (tertiary/aromatic N) is 3. The van der Waals surface area contributed by atoms with E-state index in [9.17, 15) is 4.79 Å². The number of aromatic nitrogens is 1. The number of carbonyl (C=O) groups is 1. The van der Waals surface area contributed by atoms with Crippen LogP contribution in [0.2, 0.25) is 0 Å². The Balaban J connectivity index is 1.60. The first kappa shape index (κ1) is 14.4. The predicted molar refractivity (Wildman–Crippen MR) is 89.4 cm³/mol. The molecule has 0 saturated carbocycles. The number of pyridine rings is 1. The van der Waals surface area contributed by atoms with Gasteiger partial charge in [-0.2, -0.15) is 0 Å². The first-order valence-electron chi connectivity index (χ1n) is 7.51. The third kappa shape index (κ3) is 3.36. The summed E-state index contributed by atoms with van der Waals surface area (Å²) in [6.45, 7) is 5.42. The maximum absolute atomic E-state index is 11.0. The van der Waals surface area contributed by atoms with Crippen LogP contribution in [-0.2, 0) is 4.79 Å². The second kappa shape index (κ2) is 6.47. The normalized spacial score (nSPS) is 14.8. The Morgan fingerprint density at radius 1 is 0.955 bits per heavy atom. The average Bonchev–Trinajstić information content (AvgIpc) is 2.56. The van der Waals surface area contributed by atoms with Crippen molar-refractivity contribution in [1.29, 1.82) is 0 Å². The van der Waals surface area contributed by atoms with Crippen LogP contribution in [-0.4, -0.2) is 37.1 Å². The highest BCUT2D eigenvalue weighted by Crippen LogP contribution is 2.20. The van der Waals surface area contributed by atoms with Crippen molar-refractivity contribution < 1.29 is 4.79 Å². The summed E-state index contributed by atoms with van der Waals surface area (Å²) >= 11 is 0.